The molecule has 2 heterocycles. The number of carboxylic acid groups (broad SMARTS) is 1. The Kier molecular flexibility index (Phi) is 4.40. The Balaban J connectivity index is 2.03. The maximum Gasteiger partial charge on any atom is 0.430 e. The topological polar surface area (TPSA) is 115 Å². The molecular weight excluding hydrogens is 354 g/mol. The highest BCUT2D eigenvalue weighted by molar-refractivity contribution is 6.29. The number of anilines is 1. The molecule has 0 fully saturated rings. The van der Waals surface area contributed by atoms with Gasteiger partial charge in [-0.2, -0.15) is 9.88 Å². The number of amides is 2. The van der Waals surface area contributed by atoms with Crippen LogP contribution in [-0.4, -0.2) is 34.4 Å². The SMILES string of the molecule is COc1nc2oc(Cl)cc2nc1N(C(=O)O)C(=O)Oc1ccccc1. The Labute approximate surface area is 145 Å². The quantitative estimate of drug-likeness (QED) is 0.750. The van der Waals surface area contributed by atoms with E-state index < -0.39 is 12.2 Å². The van der Waals surface area contributed by atoms with Crippen LogP contribution in [0.3, 0.4) is 0 Å². The molecule has 2 amide bonds. The van der Waals surface area contributed by atoms with Crippen molar-refractivity contribution in [3.63, 3.8) is 0 Å². The smallest absolute Gasteiger partial charge is 0.430 e. The number of hydrogen-bond acceptors (Lipinski definition) is 7. The summed E-state index contributed by atoms with van der Waals surface area (Å²) >= 11 is 5.73. The van der Waals surface area contributed by atoms with Crippen LogP contribution in [0.25, 0.3) is 11.2 Å². The van der Waals surface area contributed by atoms with Crippen LogP contribution < -0.4 is 14.4 Å². The second kappa shape index (κ2) is 6.65. The zero-order valence-corrected chi connectivity index (χ0v) is 13.4. The van der Waals surface area contributed by atoms with Gasteiger partial charge in [-0.3, -0.25) is 0 Å². The molecule has 0 unspecified atom stereocenters. The summed E-state index contributed by atoms with van der Waals surface area (Å²) in [7, 11) is 1.24. The van der Waals surface area contributed by atoms with Crippen molar-refractivity contribution in [1.82, 2.24) is 9.97 Å². The van der Waals surface area contributed by atoms with Crippen LogP contribution in [-0.2, 0) is 0 Å². The number of benzene rings is 1. The maximum atomic E-state index is 12.3. The number of halogens is 1. The van der Waals surface area contributed by atoms with Gasteiger partial charge in [0, 0.05) is 6.07 Å². The number of hydrogen-bond donors (Lipinski definition) is 1. The van der Waals surface area contributed by atoms with E-state index in [1.165, 1.54) is 25.3 Å². The number of carbonyl (C=O) groups is 2. The average molecular weight is 364 g/mol. The minimum atomic E-state index is -1.62. The van der Waals surface area contributed by atoms with Crippen molar-refractivity contribution in [3.8, 4) is 11.6 Å². The van der Waals surface area contributed by atoms with Crippen molar-refractivity contribution >= 4 is 40.8 Å². The zero-order chi connectivity index (χ0) is 18.0. The van der Waals surface area contributed by atoms with Gasteiger partial charge in [0.05, 0.1) is 7.11 Å². The van der Waals surface area contributed by atoms with Gasteiger partial charge < -0.3 is 19.0 Å². The Morgan fingerprint density at radius 1 is 1.24 bits per heavy atom. The fourth-order valence-corrected chi connectivity index (χ4v) is 2.16. The summed E-state index contributed by atoms with van der Waals surface area (Å²) in [6, 6.07) is 9.31. The summed E-state index contributed by atoms with van der Waals surface area (Å²) in [6.07, 6.45) is -2.82. The fraction of sp³-hybridized carbons (Fsp3) is 0.0667. The van der Waals surface area contributed by atoms with Gasteiger partial charge in [0.25, 0.3) is 5.88 Å². The van der Waals surface area contributed by atoms with Crippen molar-refractivity contribution in [2.45, 2.75) is 0 Å². The highest BCUT2D eigenvalue weighted by Crippen LogP contribution is 2.30. The maximum absolute atomic E-state index is 12.3. The number of furan rings is 1. The van der Waals surface area contributed by atoms with E-state index in [1.54, 1.807) is 18.2 Å². The molecule has 0 aliphatic heterocycles. The predicted molar refractivity (Wildman–Crippen MR) is 86.3 cm³/mol. The molecule has 3 aromatic rings. The highest BCUT2D eigenvalue weighted by Gasteiger charge is 2.31. The highest BCUT2D eigenvalue weighted by atomic mass is 35.5. The van der Waals surface area contributed by atoms with Crippen LogP contribution in [0.4, 0.5) is 15.4 Å². The number of rotatable bonds is 3. The first kappa shape index (κ1) is 16.5. The van der Waals surface area contributed by atoms with Gasteiger partial charge in [-0.1, -0.05) is 18.2 Å². The first-order valence-corrected chi connectivity index (χ1v) is 7.18. The third-order valence-electron chi connectivity index (χ3n) is 3.01. The van der Waals surface area contributed by atoms with Crippen molar-refractivity contribution in [3.05, 3.63) is 41.6 Å². The second-order valence-corrected chi connectivity index (χ2v) is 4.97. The number of para-hydroxylation sites is 1. The Morgan fingerprint density at radius 2 is 1.96 bits per heavy atom. The van der Waals surface area contributed by atoms with Crippen LogP contribution in [0.5, 0.6) is 11.6 Å². The standard InChI is InChI=1S/C15H10ClN3O6/c1-23-13-11(17-9-7-10(16)25-12(9)18-13)19(14(20)21)15(22)24-8-5-3-2-4-6-8/h2-7H,1H3,(H,20,21). The molecule has 0 spiro atoms. The van der Waals surface area contributed by atoms with Crippen LogP contribution in [0.1, 0.15) is 0 Å². The molecule has 25 heavy (non-hydrogen) atoms. The van der Waals surface area contributed by atoms with Gasteiger partial charge in [-0.05, 0) is 23.7 Å². The molecule has 128 valence electrons. The van der Waals surface area contributed by atoms with Crippen LogP contribution in [0.15, 0.2) is 40.8 Å². The monoisotopic (exact) mass is 363 g/mol. The number of carbonyl (C=O) groups excluding carboxylic acids is 1. The third-order valence-corrected chi connectivity index (χ3v) is 3.20. The lowest BCUT2D eigenvalue weighted by molar-refractivity contribution is 0.186. The van der Waals surface area contributed by atoms with Crippen molar-refractivity contribution < 1.29 is 28.6 Å². The van der Waals surface area contributed by atoms with E-state index in [1.807, 2.05) is 0 Å². The van der Waals surface area contributed by atoms with Crippen molar-refractivity contribution in [2.24, 2.45) is 0 Å². The molecule has 9 nitrogen and oxygen atoms in total. The van der Waals surface area contributed by atoms with E-state index in [-0.39, 0.29) is 38.8 Å². The summed E-state index contributed by atoms with van der Waals surface area (Å²) in [5.41, 5.74) is 0.187. The molecule has 3 rings (SSSR count). The van der Waals surface area contributed by atoms with Crippen LogP contribution in [0, 0.1) is 0 Å². The molecule has 0 aliphatic carbocycles. The normalized spacial score (nSPS) is 10.5. The number of imide groups is 1. The van der Waals surface area contributed by atoms with Gasteiger partial charge in [-0.15, -0.1) is 0 Å². The number of ether oxygens (including phenoxy) is 2. The van der Waals surface area contributed by atoms with E-state index in [4.69, 9.17) is 25.5 Å². The van der Waals surface area contributed by atoms with Gasteiger partial charge in [0.1, 0.15) is 11.3 Å². The number of aromatic nitrogens is 2. The first-order valence-electron chi connectivity index (χ1n) is 6.80. The molecule has 0 saturated carbocycles. The molecule has 0 bridgehead atoms. The lowest BCUT2D eigenvalue weighted by Gasteiger charge is -2.17. The Bertz CT molecular complexity index is 943. The van der Waals surface area contributed by atoms with Crippen molar-refractivity contribution in [2.75, 3.05) is 12.0 Å². The molecule has 10 heteroatoms. The van der Waals surface area contributed by atoms with E-state index in [2.05, 4.69) is 9.97 Å². The molecule has 0 atom stereocenters. The van der Waals surface area contributed by atoms with Gasteiger partial charge in [-0.25, -0.2) is 14.6 Å². The molecule has 1 aromatic carbocycles. The average Bonchev–Trinajstić information content (AvgIpc) is 2.93. The fourth-order valence-electron chi connectivity index (χ4n) is 1.98. The zero-order valence-electron chi connectivity index (χ0n) is 12.7. The lowest BCUT2D eigenvalue weighted by atomic mass is 10.3. The first-order chi connectivity index (χ1) is 12.0. The Morgan fingerprint density at radius 3 is 2.60 bits per heavy atom. The predicted octanol–water partition coefficient (Wildman–Crippen LogP) is 3.57. The van der Waals surface area contributed by atoms with Crippen LogP contribution in [0.2, 0.25) is 5.22 Å². The second-order valence-electron chi connectivity index (χ2n) is 4.60. The molecule has 0 aliphatic rings. The third kappa shape index (κ3) is 3.31. The van der Waals surface area contributed by atoms with E-state index >= 15 is 0 Å². The minimum absolute atomic E-state index is 0.00272. The summed E-state index contributed by atoms with van der Waals surface area (Å²) in [5, 5.41) is 9.43. The largest absolute Gasteiger partial charge is 0.478 e. The molecule has 1 N–H and O–H groups in total. The van der Waals surface area contributed by atoms with E-state index in [0.717, 1.165) is 0 Å². The summed E-state index contributed by atoms with van der Waals surface area (Å²) in [6.45, 7) is 0. The minimum Gasteiger partial charge on any atom is -0.478 e. The van der Waals surface area contributed by atoms with Gasteiger partial charge >= 0.3 is 12.2 Å². The number of nitrogens with zero attached hydrogens (tertiary/aromatic N) is 3. The Hall–Kier alpha value is -3.33. The number of fused-ring (bicyclic) bond motifs is 1. The van der Waals surface area contributed by atoms with E-state index in [0.29, 0.717) is 0 Å². The summed E-state index contributed by atoms with van der Waals surface area (Å²) in [4.78, 5) is 32.2. The number of methoxy groups -OCH3 is 1. The van der Waals surface area contributed by atoms with Gasteiger partial charge in [0.2, 0.25) is 11.5 Å². The molecule has 0 radical (unpaired) electrons. The molecular formula is C15H10ClN3O6. The molecule has 2 aromatic heterocycles. The van der Waals surface area contributed by atoms with Crippen LogP contribution >= 0.6 is 11.6 Å². The summed E-state index contributed by atoms with van der Waals surface area (Å²) in [5.74, 6) is -0.454. The summed E-state index contributed by atoms with van der Waals surface area (Å²) < 4.78 is 15.1. The van der Waals surface area contributed by atoms with E-state index in [9.17, 15) is 14.7 Å². The van der Waals surface area contributed by atoms with Crippen molar-refractivity contribution in [1.29, 1.82) is 0 Å². The van der Waals surface area contributed by atoms with Gasteiger partial charge in [0.15, 0.2) is 5.22 Å². The lowest BCUT2D eigenvalue weighted by Crippen LogP contribution is -2.39. The molecule has 0 saturated heterocycles.